The van der Waals surface area contributed by atoms with Crippen molar-refractivity contribution in [2.75, 3.05) is 25.1 Å². The SMILES string of the molecule is CN(CCCCCO)c1ccc([N+](=O)[O-])cc1F. The minimum atomic E-state index is -0.617. The first-order chi connectivity index (χ1) is 8.56. The van der Waals surface area contributed by atoms with Gasteiger partial charge in [0.05, 0.1) is 16.7 Å². The number of rotatable bonds is 7. The molecule has 1 rings (SSSR count). The van der Waals surface area contributed by atoms with Gasteiger partial charge < -0.3 is 10.0 Å². The highest BCUT2D eigenvalue weighted by Crippen LogP contribution is 2.23. The molecule has 0 unspecified atom stereocenters. The number of benzene rings is 1. The maximum absolute atomic E-state index is 13.7. The normalized spacial score (nSPS) is 10.4. The number of hydrogen-bond donors (Lipinski definition) is 1. The lowest BCUT2D eigenvalue weighted by Gasteiger charge is -2.19. The molecule has 0 saturated heterocycles. The minimum Gasteiger partial charge on any atom is -0.396 e. The molecule has 0 saturated carbocycles. The van der Waals surface area contributed by atoms with Crippen molar-refractivity contribution in [1.29, 1.82) is 0 Å². The first-order valence-corrected chi connectivity index (χ1v) is 5.82. The van der Waals surface area contributed by atoms with E-state index in [0.717, 1.165) is 25.3 Å². The molecule has 6 heteroatoms. The van der Waals surface area contributed by atoms with E-state index in [2.05, 4.69) is 0 Å². The Morgan fingerprint density at radius 1 is 1.39 bits per heavy atom. The quantitative estimate of drug-likeness (QED) is 0.462. The molecule has 0 amide bonds. The van der Waals surface area contributed by atoms with Gasteiger partial charge in [0.25, 0.3) is 5.69 Å². The van der Waals surface area contributed by atoms with Crippen molar-refractivity contribution in [1.82, 2.24) is 0 Å². The lowest BCUT2D eigenvalue weighted by molar-refractivity contribution is -0.385. The Labute approximate surface area is 105 Å². The summed E-state index contributed by atoms with van der Waals surface area (Å²) < 4.78 is 13.7. The van der Waals surface area contributed by atoms with E-state index in [4.69, 9.17) is 5.11 Å². The molecular weight excluding hydrogens is 239 g/mol. The Bertz CT molecular complexity index is 412. The summed E-state index contributed by atoms with van der Waals surface area (Å²) in [6, 6.07) is 3.64. The molecule has 0 aromatic heterocycles. The van der Waals surface area contributed by atoms with Crippen LogP contribution in [-0.4, -0.2) is 30.2 Å². The van der Waals surface area contributed by atoms with Gasteiger partial charge >= 0.3 is 0 Å². The van der Waals surface area contributed by atoms with Gasteiger partial charge in [-0.2, -0.15) is 0 Å². The van der Waals surface area contributed by atoms with Crippen LogP contribution in [0.3, 0.4) is 0 Å². The minimum absolute atomic E-state index is 0.162. The van der Waals surface area contributed by atoms with E-state index in [1.54, 1.807) is 11.9 Å². The Kier molecular flexibility index (Phi) is 5.51. The van der Waals surface area contributed by atoms with E-state index in [9.17, 15) is 14.5 Å². The van der Waals surface area contributed by atoms with Gasteiger partial charge in [-0.25, -0.2) is 4.39 Å². The van der Waals surface area contributed by atoms with Crippen molar-refractivity contribution in [3.8, 4) is 0 Å². The van der Waals surface area contributed by atoms with Crippen molar-refractivity contribution in [3.63, 3.8) is 0 Å². The van der Waals surface area contributed by atoms with Crippen LogP contribution in [0.15, 0.2) is 18.2 Å². The van der Waals surface area contributed by atoms with Gasteiger partial charge in [-0.3, -0.25) is 10.1 Å². The second-order valence-corrected chi connectivity index (χ2v) is 4.10. The van der Waals surface area contributed by atoms with Crippen LogP contribution in [0.1, 0.15) is 19.3 Å². The van der Waals surface area contributed by atoms with Crippen LogP contribution in [0.25, 0.3) is 0 Å². The van der Waals surface area contributed by atoms with Crippen LogP contribution >= 0.6 is 0 Å². The summed E-state index contributed by atoms with van der Waals surface area (Å²) in [5.41, 5.74) is 0.106. The molecular formula is C12H17FN2O3. The monoisotopic (exact) mass is 256 g/mol. The topological polar surface area (TPSA) is 66.6 Å². The van der Waals surface area contributed by atoms with Crippen LogP contribution in [0, 0.1) is 15.9 Å². The predicted molar refractivity (Wildman–Crippen MR) is 67.3 cm³/mol. The smallest absolute Gasteiger partial charge is 0.272 e. The van der Waals surface area contributed by atoms with E-state index in [0.29, 0.717) is 12.2 Å². The van der Waals surface area contributed by atoms with Gasteiger partial charge in [0.1, 0.15) is 0 Å². The molecule has 0 bridgehead atoms. The summed E-state index contributed by atoms with van der Waals surface area (Å²) in [5.74, 6) is -0.589. The number of nitro benzene ring substituents is 1. The molecule has 1 aromatic rings. The van der Waals surface area contributed by atoms with Crippen LogP contribution in [0.4, 0.5) is 15.8 Å². The molecule has 0 atom stereocenters. The van der Waals surface area contributed by atoms with Gasteiger partial charge in [0.15, 0.2) is 5.82 Å². The van der Waals surface area contributed by atoms with Gasteiger partial charge in [0.2, 0.25) is 0 Å². The molecule has 1 aromatic carbocycles. The third-order valence-electron chi connectivity index (χ3n) is 2.70. The summed E-state index contributed by atoms with van der Waals surface area (Å²) >= 11 is 0. The molecule has 0 radical (unpaired) electrons. The number of hydrogen-bond acceptors (Lipinski definition) is 4. The first kappa shape index (κ1) is 14.4. The Morgan fingerprint density at radius 3 is 2.67 bits per heavy atom. The third kappa shape index (κ3) is 3.96. The number of aliphatic hydroxyl groups is 1. The summed E-state index contributed by atoms with van der Waals surface area (Å²) in [7, 11) is 1.74. The fraction of sp³-hybridized carbons (Fsp3) is 0.500. The van der Waals surface area contributed by atoms with Crippen molar-refractivity contribution in [3.05, 3.63) is 34.1 Å². The Hall–Kier alpha value is -1.69. The highest BCUT2D eigenvalue weighted by Gasteiger charge is 2.13. The Balaban J connectivity index is 2.62. The second kappa shape index (κ2) is 6.90. The lowest BCUT2D eigenvalue weighted by atomic mass is 10.2. The Morgan fingerprint density at radius 2 is 2.11 bits per heavy atom. The summed E-state index contributed by atoms with van der Waals surface area (Å²) in [6.07, 6.45) is 2.44. The zero-order valence-corrected chi connectivity index (χ0v) is 10.3. The number of nitro groups is 1. The van der Waals surface area contributed by atoms with E-state index in [1.165, 1.54) is 12.1 Å². The molecule has 0 aliphatic heterocycles. The number of non-ortho nitro benzene ring substituents is 1. The fourth-order valence-electron chi connectivity index (χ4n) is 1.68. The van der Waals surface area contributed by atoms with Crippen LogP contribution in [0.5, 0.6) is 0 Å². The number of aliphatic hydroxyl groups excluding tert-OH is 1. The molecule has 0 aliphatic rings. The summed E-state index contributed by atoms with van der Waals surface area (Å²) in [5, 5.41) is 19.1. The number of halogens is 1. The molecule has 5 nitrogen and oxygen atoms in total. The van der Waals surface area contributed by atoms with E-state index in [-0.39, 0.29) is 12.3 Å². The fourth-order valence-corrected chi connectivity index (χ4v) is 1.68. The average molecular weight is 256 g/mol. The largest absolute Gasteiger partial charge is 0.396 e. The summed E-state index contributed by atoms with van der Waals surface area (Å²) in [4.78, 5) is 11.6. The molecule has 18 heavy (non-hydrogen) atoms. The predicted octanol–water partition coefficient (Wildman–Crippen LogP) is 2.33. The van der Waals surface area contributed by atoms with Crippen LogP contribution in [0.2, 0.25) is 0 Å². The molecule has 1 N–H and O–H groups in total. The van der Waals surface area contributed by atoms with E-state index >= 15 is 0 Å². The molecule has 100 valence electrons. The van der Waals surface area contributed by atoms with Gasteiger partial charge in [0, 0.05) is 26.3 Å². The lowest BCUT2D eigenvalue weighted by Crippen LogP contribution is -2.19. The first-order valence-electron chi connectivity index (χ1n) is 5.82. The second-order valence-electron chi connectivity index (χ2n) is 4.10. The van der Waals surface area contributed by atoms with Gasteiger partial charge in [-0.05, 0) is 25.3 Å². The third-order valence-corrected chi connectivity index (χ3v) is 2.70. The van der Waals surface area contributed by atoms with Gasteiger partial charge in [-0.1, -0.05) is 0 Å². The van der Waals surface area contributed by atoms with E-state index in [1.807, 2.05) is 0 Å². The van der Waals surface area contributed by atoms with Crippen molar-refractivity contribution < 1.29 is 14.4 Å². The maximum Gasteiger partial charge on any atom is 0.272 e. The van der Waals surface area contributed by atoms with Crippen LogP contribution in [-0.2, 0) is 0 Å². The number of anilines is 1. The molecule has 0 fully saturated rings. The van der Waals surface area contributed by atoms with Crippen molar-refractivity contribution >= 4 is 11.4 Å². The van der Waals surface area contributed by atoms with Gasteiger partial charge in [-0.15, -0.1) is 0 Å². The molecule has 0 aliphatic carbocycles. The summed E-state index contributed by atoms with van der Waals surface area (Å²) in [6.45, 7) is 0.810. The highest BCUT2D eigenvalue weighted by atomic mass is 19.1. The number of nitrogens with zero attached hydrogens (tertiary/aromatic N) is 2. The van der Waals surface area contributed by atoms with E-state index < -0.39 is 10.7 Å². The molecule has 0 heterocycles. The molecule has 0 spiro atoms. The number of unbranched alkanes of at least 4 members (excludes halogenated alkanes) is 2. The zero-order chi connectivity index (χ0) is 13.5. The average Bonchev–Trinajstić information content (AvgIpc) is 2.34. The standard InChI is InChI=1S/C12H17FN2O3/c1-14(7-3-2-4-8-16)12-6-5-10(15(17)18)9-11(12)13/h5-6,9,16H,2-4,7-8H2,1H3. The maximum atomic E-state index is 13.7. The highest BCUT2D eigenvalue weighted by molar-refractivity contribution is 5.51. The van der Waals surface area contributed by atoms with Crippen LogP contribution < -0.4 is 4.90 Å². The zero-order valence-electron chi connectivity index (χ0n) is 10.3. The van der Waals surface area contributed by atoms with Crippen molar-refractivity contribution in [2.45, 2.75) is 19.3 Å². The van der Waals surface area contributed by atoms with Crippen molar-refractivity contribution in [2.24, 2.45) is 0 Å².